The molecule has 0 aliphatic heterocycles. The highest BCUT2D eigenvalue weighted by atomic mass is 16.6. The number of aromatic hydroxyl groups is 1. The molecule has 0 fully saturated rings. The Labute approximate surface area is 115 Å². The second kappa shape index (κ2) is 5.92. The third-order valence-corrected chi connectivity index (χ3v) is 2.46. The number of nitro benzene ring substituents is 1. The molecule has 2 aromatic carbocycles. The molecule has 0 aromatic heterocycles. The van der Waals surface area contributed by atoms with Gasteiger partial charge in [0.05, 0.1) is 23.7 Å². The average molecular weight is 275 g/mol. The van der Waals surface area contributed by atoms with E-state index in [0.717, 1.165) is 6.07 Å². The van der Waals surface area contributed by atoms with Crippen molar-refractivity contribution in [3.63, 3.8) is 0 Å². The molecule has 6 heteroatoms. The van der Waals surface area contributed by atoms with E-state index in [1.54, 1.807) is 24.3 Å². The molecule has 0 saturated heterocycles. The van der Waals surface area contributed by atoms with Crippen molar-refractivity contribution in [1.82, 2.24) is 0 Å². The van der Waals surface area contributed by atoms with Gasteiger partial charge in [-0.25, -0.2) is 0 Å². The lowest BCUT2D eigenvalue weighted by molar-refractivity contribution is -0.385. The minimum atomic E-state index is -0.592. The summed E-state index contributed by atoms with van der Waals surface area (Å²) in [6.45, 7) is 2.45. The zero-order valence-electron chi connectivity index (χ0n) is 10.8. The van der Waals surface area contributed by atoms with E-state index in [-0.39, 0.29) is 17.2 Å². The van der Waals surface area contributed by atoms with Gasteiger partial charge in [-0.2, -0.15) is 0 Å². The van der Waals surface area contributed by atoms with Crippen LogP contribution in [0, 0.1) is 10.1 Å². The van der Waals surface area contributed by atoms with Crippen molar-refractivity contribution >= 4 is 5.69 Å². The second-order valence-electron chi connectivity index (χ2n) is 3.95. The van der Waals surface area contributed by atoms with Gasteiger partial charge in [-0.05, 0) is 31.2 Å². The quantitative estimate of drug-likeness (QED) is 0.667. The van der Waals surface area contributed by atoms with Crippen LogP contribution in [0.4, 0.5) is 5.69 Å². The maximum Gasteiger partial charge on any atom is 0.276 e. The fraction of sp³-hybridized carbons (Fsp3) is 0.143. The van der Waals surface area contributed by atoms with Gasteiger partial charge in [-0.15, -0.1) is 0 Å². The first kappa shape index (κ1) is 13.7. The van der Waals surface area contributed by atoms with E-state index in [0.29, 0.717) is 18.1 Å². The molecule has 104 valence electrons. The average Bonchev–Trinajstić information content (AvgIpc) is 2.40. The van der Waals surface area contributed by atoms with Gasteiger partial charge in [-0.1, -0.05) is 0 Å². The summed E-state index contributed by atoms with van der Waals surface area (Å²) in [6.07, 6.45) is 0. The van der Waals surface area contributed by atoms with E-state index >= 15 is 0 Å². The topological polar surface area (TPSA) is 81.8 Å². The van der Waals surface area contributed by atoms with Crippen LogP contribution in [0.2, 0.25) is 0 Å². The molecule has 2 aromatic rings. The summed E-state index contributed by atoms with van der Waals surface area (Å²) in [5.41, 5.74) is -0.231. The molecule has 0 aliphatic carbocycles. The molecule has 0 radical (unpaired) electrons. The zero-order valence-corrected chi connectivity index (χ0v) is 10.8. The van der Waals surface area contributed by atoms with Crippen molar-refractivity contribution in [2.75, 3.05) is 6.61 Å². The molecule has 20 heavy (non-hydrogen) atoms. The number of rotatable bonds is 5. The van der Waals surface area contributed by atoms with Crippen molar-refractivity contribution in [2.45, 2.75) is 6.92 Å². The highest BCUT2D eigenvalue weighted by Crippen LogP contribution is 2.30. The first-order chi connectivity index (χ1) is 9.58. The van der Waals surface area contributed by atoms with Gasteiger partial charge in [0, 0.05) is 6.07 Å². The highest BCUT2D eigenvalue weighted by molar-refractivity contribution is 5.47. The molecule has 0 spiro atoms. The Bertz CT molecular complexity index is 609. The van der Waals surface area contributed by atoms with Crippen LogP contribution >= 0.6 is 0 Å². The van der Waals surface area contributed by atoms with Crippen LogP contribution in [0.1, 0.15) is 6.92 Å². The van der Waals surface area contributed by atoms with Crippen molar-refractivity contribution in [2.24, 2.45) is 0 Å². The second-order valence-corrected chi connectivity index (χ2v) is 3.95. The number of non-ortho nitro benzene ring substituents is 1. The van der Waals surface area contributed by atoms with E-state index in [1.807, 2.05) is 6.92 Å². The van der Waals surface area contributed by atoms with Crippen LogP contribution in [0.5, 0.6) is 23.0 Å². The first-order valence-electron chi connectivity index (χ1n) is 5.97. The van der Waals surface area contributed by atoms with Gasteiger partial charge in [0.25, 0.3) is 5.69 Å². The first-order valence-corrected chi connectivity index (χ1v) is 5.97. The van der Waals surface area contributed by atoms with Crippen molar-refractivity contribution in [3.8, 4) is 23.0 Å². The Morgan fingerprint density at radius 3 is 2.35 bits per heavy atom. The molecule has 6 nitrogen and oxygen atoms in total. The summed E-state index contributed by atoms with van der Waals surface area (Å²) in [5.74, 6) is 1.18. The van der Waals surface area contributed by atoms with E-state index in [2.05, 4.69) is 0 Å². The van der Waals surface area contributed by atoms with Crippen LogP contribution in [-0.4, -0.2) is 16.6 Å². The Balaban J connectivity index is 2.19. The highest BCUT2D eigenvalue weighted by Gasteiger charge is 2.10. The van der Waals surface area contributed by atoms with Gasteiger partial charge < -0.3 is 14.6 Å². The van der Waals surface area contributed by atoms with Gasteiger partial charge in [0.15, 0.2) is 0 Å². The van der Waals surface area contributed by atoms with E-state index in [1.165, 1.54) is 12.1 Å². The van der Waals surface area contributed by atoms with E-state index < -0.39 is 4.92 Å². The smallest absolute Gasteiger partial charge is 0.276 e. The fourth-order valence-electron chi connectivity index (χ4n) is 1.64. The minimum Gasteiger partial charge on any atom is -0.508 e. The molecular weight excluding hydrogens is 262 g/mol. The lowest BCUT2D eigenvalue weighted by Crippen LogP contribution is -1.92. The normalized spacial score (nSPS) is 10.1. The standard InChI is InChI=1S/C14H13NO5/c1-2-19-12-3-5-13(6-4-12)20-14-8-10(15(17)18)7-11(16)9-14/h3-9,16H,2H2,1H3. The summed E-state index contributed by atoms with van der Waals surface area (Å²) in [6, 6.07) is 10.4. The molecule has 0 atom stereocenters. The van der Waals surface area contributed by atoms with E-state index in [4.69, 9.17) is 9.47 Å². The lowest BCUT2D eigenvalue weighted by atomic mass is 10.3. The van der Waals surface area contributed by atoms with Gasteiger partial charge in [-0.3, -0.25) is 10.1 Å². The lowest BCUT2D eigenvalue weighted by Gasteiger charge is -2.07. The van der Waals surface area contributed by atoms with Gasteiger partial charge in [0.2, 0.25) is 0 Å². The largest absolute Gasteiger partial charge is 0.508 e. The third-order valence-electron chi connectivity index (χ3n) is 2.46. The molecule has 0 aliphatic rings. The van der Waals surface area contributed by atoms with Crippen LogP contribution in [0.3, 0.4) is 0 Å². The van der Waals surface area contributed by atoms with E-state index in [9.17, 15) is 15.2 Å². The number of nitro groups is 1. The van der Waals surface area contributed by atoms with Crippen molar-refractivity contribution in [1.29, 1.82) is 0 Å². The van der Waals surface area contributed by atoms with Crippen molar-refractivity contribution < 1.29 is 19.5 Å². The van der Waals surface area contributed by atoms with Crippen LogP contribution in [-0.2, 0) is 0 Å². The minimum absolute atomic E-state index is 0.195. The summed E-state index contributed by atoms with van der Waals surface area (Å²) < 4.78 is 10.8. The maximum absolute atomic E-state index is 10.7. The molecule has 0 amide bonds. The number of nitrogens with zero attached hydrogens (tertiary/aromatic N) is 1. The number of phenolic OH excluding ortho intramolecular Hbond substituents is 1. The predicted octanol–water partition coefficient (Wildman–Crippen LogP) is 3.49. The fourth-order valence-corrected chi connectivity index (χ4v) is 1.64. The molecule has 0 saturated carbocycles. The van der Waals surface area contributed by atoms with Crippen molar-refractivity contribution in [3.05, 3.63) is 52.6 Å². The van der Waals surface area contributed by atoms with Gasteiger partial charge >= 0.3 is 0 Å². The third kappa shape index (κ3) is 3.38. The zero-order chi connectivity index (χ0) is 14.5. The number of ether oxygens (including phenoxy) is 2. The number of hydrogen-bond donors (Lipinski definition) is 1. The monoisotopic (exact) mass is 275 g/mol. The summed E-state index contributed by atoms with van der Waals surface area (Å²) >= 11 is 0. The SMILES string of the molecule is CCOc1ccc(Oc2cc(O)cc([N+](=O)[O-])c2)cc1. The molecule has 0 heterocycles. The van der Waals surface area contributed by atoms with Crippen LogP contribution < -0.4 is 9.47 Å². The van der Waals surface area contributed by atoms with Crippen LogP contribution in [0.15, 0.2) is 42.5 Å². The van der Waals surface area contributed by atoms with Gasteiger partial charge in [0.1, 0.15) is 23.0 Å². The summed E-state index contributed by atoms with van der Waals surface area (Å²) in [7, 11) is 0. The number of phenols is 1. The maximum atomic E-state index is 10.7. The molecule has 2 rings (SSSR count). The Morgan fingerprint density at radius 1 is 1.10 bits per heavy atom. The predicted molar refractivity (Wildman–Crippen MR) is 72.4 cm³/mol. The summed E-state index contributed by atoms with van der Waals surface area (Å²) in [4.78, 5) is 10.1. The molecule has 0 unspecified atom stereocenters. The Kier molecular flexibility index (Phi) is 4.05. The Morgan fingerprint density at radius 2 is 1.75 bits per heavy atom. The molecule has 1 N–H and O–H groups in total. The number of benzene rings is 2. The number of hydrogen-bond acceptors (Lipinski definition) is 5. The Hall–Kier alpha value is -2.76. The molecular formula is C14H13NO5. The molecule has 0 bridgehead atoms. The van der Waals surface area contributed by atoms with Crippen LogP contribution in [0.25, 0.3) is 0 Å². The summed E-state index contributed by atoms with van der Waals surface area (Å²) in [5, 5.41) is 20.1.